The third-order valence-corrected chi connectivity index (χ3v) is 2.69. The van der Waals surface area contributed by atoms with Gasteiger partial charge in [-0.15, -0.1) is 0 Å². The molecule has 7 nitrogen and oxygen atoms in total. The van der Waals surface area contributed by atoms with Crippen LogP contribution in [0.15, 0.2) is 11.0 Å². The van der Waals surface area contributed by atoms with Gasteiger partial charge in [0, 0.05) is 0 Å². The van der Waals surface area contributed by atoms with E-state index in [1.54, 1.807) is 0 Å². The topological polar surface area (TPSA) is 111 Å². The standard InChI is InChI=1S/C9H12FN3O4/c1-3-5(14)6(15)8(17-3)13-2-4(10)7(11)12-9(13)16/h2-3,5-6,8,14-15H,1H3,(H2,11,12,16)/t3-,5-,6?,8-/m1/s1. The van der Waals surface area contributed by atoms with E-state index in [0.717, 1.165) is 10.8 Å². The molecule has 4 atom stereocenters. The number of hydrogen-bond donors (Lipinski definition) is 3. The Morgan fingerprint density at radius 2 is 2.18 bits per heavy atom. The molecule has 1 fully saturated rings. The first-order valence-corrected chi connectivity index (χ1v) is 4.97. The van der Waals surface area contributed by atoms with Gasteiger partial charge in [-0.1, -0.05) is 0 Å². The molecular formula is C9H12FN3O4. The van der Waals surface area contributed by atoms with Crippen LogP contribution in [-0.2, 0) is 4.74 Å². The van der Waals surface area contributed by atoms with Crippen molar-refractivity contribution >= 4 is 5.82 Å². The number of ether oxygens (including phenoxy) is 1. The zero-order chi connectivity index (χ0) is 12.7. The second-order valence-corrected chi connectivity index (χ2v) is 3.88. The van der Waals surface area contributed by atoms with Crippen LogP contribution in [0.25, 0.3) is 0 Å². The van der Waals surface area contributed by atoms with Crippen LogP contribution in [0, 0.1) is 5.82 Å². The minimum Gasteiger partial charge on any atom is -0.388 e. The molecular weight excluding hydrogens is 233 g/mol. The van der Waals surface area contributed by atoms with E-state index in [1.807, 2.05) is 0 Å². The van der Waals surface area contributed by atoms with Crippen molar-refractivity contribution in [2.75, 3.05) is 5.73 Å². The predicted molar refractivity (Wildman–Crippen MR) is 54.5 cm³/mol. The highest BCUT2D eigenvalue weighted by molar-refractivity contribution is 5.26. The number of hydrogen-bond acceptors (Lipinski definition) is 6. The van der Waals surface area contributed by atoms with Gasteiger partial charge in [0.15, 0.2) is 17.9 Å². The number of nitrogens with two attached hydrogens (primary N) is 1. The maximum Gasteiger partial charge on any atom is 0.351 e. The van der Waals surface area contributed by atoms with Crippen LogP contribution in [0.1, 0.15) is 13.2 Å². The lowest BCUT2D eigenvalue weighted by molar-refractivity contribution is -0.0355. The molecule has 1 saturated heterocycles. The van der Waals surface area contributed by atoms with Gasteiger partial charge in [0.05, 0.1) is 12.3 Å². The number of anilines is 1. The monoisotopic (exact) mass is 245 g/mol. The van der Waals surface area contributed by atoms with Crippen molar-refractivity contribution in [1.82, 2.24) is 9.55 Å². The minimum atomic E-state index is -1.33. The fourth-order valence-electron chi connectivity index (χ4n) is 1.70. The van der Waals surface area contributed by atoms with Crippen LogP contribution in [0.4, 0.5) is 10.2 Å². The molecule has 0 aromatic carbocycles. The summed E-state index contributed by atoms with van der Waals surface area (Å²) in [5.74, 6) is -1.42. The lowest BCUT2D eigenvalue weighted by Gasteiger charge is -2.17. The van der Waals surface area contributed by atoms with E-state index < -0.39 is 41.9 Å². The van der Waals surface area contributed by atoms with Gasteiger partial charge in [0.1, 0.15) is 12.2 Å². The highest BCUT2D eigenvalue weighted by atomic mass is 19.1. The number of aromatic nitrogens is 2. The molecule has 1 unspecified atom stereocenters. The highest BCUT2D eigenvalue weighted by Crippen LogP contribution is 2.28. The van der Waals surface area contributed by atoms with Crippen molar-refractivity contribution in [3.8, 4) is 0 Å². The van der Waals surface area contributed by atoms with E-state index in [0.29, 0.717) is 0 Å². The molecule has 1 aromatic heterocycles. The van der Waals surface area contributed by atoms with Crippen molar-refractivity contribution in [1.29, 1.82) is 0 Å². The number of rotatable bonds is 1. The Kier molecular flexibility index (Phi) is 2.86. The Labute approximate surface area is 95.3 Å². The highest BCUT2D eigenvalue weighted by Gasteiger charge is 2.41. The fourth-order valence-corrected chi connectivity index (χ4v) is 1.70. The van der Waals surface area contributed by atoms with Gasteiger partial charge in [-0.3, -0.25) is 4.57 Å². The number of halogens is 1. The van der Waals surface area contributed by atoms with Gasteiger partial charge in [-0.05, 0) is 6.92 Å². The van der Waals surface area contributed by atoms with Crippen molar-refractivity contribution in [2.45, 2.75) is 31.5 Å². The maximum atomic E-state index is 13.2. The van der Waals surface area contributed by atoms with E-state index in [1.165, 1.54) is 6.92 Å². The van der Waals surface area contributed by atoms with E-state index in [9.17, 15) is 19.4 Å². The molecule has 0 aliphatic carbocycles. The molecule has 0 amide bonds. The molecule has 2 heterocycles. The van der Waals surface area contributed by atoms with Gasteiger partial charge >= 0.3 is 5.69 Å². The molecule has 0 spiro atoms. The van der Waals surface area contributed by atoms with E-state index in [-0.39, 0.29) is 0 Å². The second-order valence-electron chi connectivity index (χ2n) is 3.88. The Bertz CT molecular complexity index is 492. The largest absolute Gasteiger partial charge is 0.388 e. The van der Waals surface area contributed by atoms with E-state index in [4.69, 9.17) is 10.5 Å². The van der Waals surface area contributed by atoms with Gasteiger partial charge in [0.25, 0.3) is 0 Å². The Balaban J connectivity index is 2.42. The lowest BCUT2D eigenvalue weighted by Crippen LogP contribution is -2.35. The first-order chi connectivity index (χ1) is 7.91. The first kappa shape index (κ1) is 12.0. The van der Waals surface area contributed by atoms with E-state index in [2.05, 4.69) is 4.98 Å². The summed E-state index contributed by atoms with van der Waals surface area (Å²) < 4.78 is 19.1. The van der Waals surface area contributed by atoms with Gasteiger partial charge in [-0.25, -0.2) is 9.18 Å². The van der Waals surface area contributed by atoms with Crippen LogP contribution in [0.2, 0.25) is 0 Å². The summed E-state index contributed by atoms with van der Waals surface area (Å²) in [4.78, 5) is 14.7. The quantitative estimate of drug-likeness (QED) is 0.561. The molecule has 94 valence electrons. The van der Waals surface area contributed by atoms with Gasteiger partial charge in [0.2, 0.25) is 0 Å². The summed E-state index contributed by atoms with van der Waals surface area (Å²) in [5, 5.41) is 19.1. The average molecular weight is 245 g/mol. The predicted octanol–water partition coefficient (Wildman–Crippen LogP) is -1.40. The second kappa shape index (κ2) is 4.06. The molecule has 0 bridgehead atoms. The van der Waals surface area contributed by atoms with Crippen LogP contribution in [0.5, 0.6) is 0 Å². The molecule has 1 aliphatic heterocycles. The number of aliphatic hydroxyl groups excluding tert-OH is 2. The molecule has 0 saturated carbocycles. The summed E-state index contributed by atoms with van der Waals surface area (Å²) in [6.45, 7) is 1.53. The molecule has 1 aromatic rings. The summed E-state index contributed by atoms with van der Waals surface area (Å²) >= 11 is 0. The van der Waals surface area contributed by atoms with Crippen molar-refractivity contribution in [3.63, 3.8) is 0 Å². The van der Waals surface area contributed by atoms with Crippen LogP contribution >= 0.6 is 0 Å². The number of nitrogen functional groups attached to an aromatic ring is 1. The smallest absolute Gasteiger partial charge is 0.351 e. The summed E-state index contributed by atoms with van der Waals surface area (Å²) in [5.41, 5.74) is 4.27. The Morgan fingerprint density at radius 1 is 1.53 bits per heavy atom. The molecule has 4 N–H and O–H groups in total. The molecule has 1 aliphatic rings. The summed E-state index contributed by atoms with van der Waals surface area (Å²) in [7, 11) is 0. The molecule has 2 rings (SSSR count). The van der Waals surface area contributed by atoms with Gasteiger partial charge < -0.3 is 20.7 Å². The molecule has 17 heavy (non-hydrogen) atoms. The van der Waals surface area contributed by atoms with E-state index >= 15 is 0 Å². The third-order valence-electron chi connectivity index (χ3n) is 2.69. The van der Waals surface area contributed by atoms with Crippen LogP contribution in [-0.4, -0.2) is 38.1 Å². The maximum absolute atomic E-state index is 13.2. The van der Waals surface area contributed by atoms with Crippen molar-refractivity contribution < 1.29 is 19.3 Å². The van der Waals surface area contributed by atoms with Gasteiger partial charge in [-0.2, -0.15) is 4.98 Å². The van der Waals surface area contributed by atoms with Crippen LogP contribution < -0.4 is 11.4 Å². The first-order valence-electron chi connectivity index (χ1n) is 4.97. The normalized spacial score (nSPS) is 32.9. The lowest BCUT2D eigenvalue weighted by atomic mass is 10.1. The summed E-state index contributed by atoms with van der Waals surface area (Å²) in [6.07, 6.45) is -3.51. The van der Waals surface area contributed by atoms with Crippen LogP contribution in [0.3, 0.4) is 0 Å². The number of aliphatic hydroxyl groups is 2. The average Bonchev–Trinajstić information content (AvgIpc) is 2.51. The molecule has 0 radical (unpaired) electrons. The number of nitrogens with zero attached hydrogens (tertiary/aromatic N) is 2. The summed E-state index contributed by atoms with van der Waals surface area (Å²) in [6, 6.07) is 0. The Morgan fingerprint density at radius 3 is 2.71 bits per heavy atom. The van der Waals surface area contributed by atoms with Crippen molar-refractivity contribution in [2.24, 2.45) is 0 Å². The minimum absolute atomic E-state index is 0.521. The Hall–Kier alpha value is -1.51. The molecule has 8 heteroatoms. The zero-order valence-electron chi connectivity index (χ0n) is 8.95. The van der Waals surface area contributed by atoms with Crippen molar-refractivity contribution in [3.05, 3.63) is 22.5 Å². The third kappa shape index (κ3) is 1.90. The SMILES string of the molecule is C[C@H]1O[C@@H](n2cc(F)c(N)nc2=O)C(O)[C@@H]1O. The zero-order valence-corrected chi connectivity index (χ0v) is 8.95. The fraction of sp³-hybridized carbons (Fsp3) is 0.556.